The quantitative estimate of drug-likeness (QED) is 0.443. The summed E-state index contributed by atoms with van der Waals surface area (Å²) in [5, 5.41) is 2.74. The molecule has 7 heteroatoms. The van der Waals surface area contributed by atoms with Crippen LogP contribution in [0.2, 0.25) is 0 Å². The highest BCUT2D eigenvalue weighted by atomic mass is 79.9. The van der Waals surface area contributed by atoms with Crippen LogP contribution in [-0.4, -0.2) is 32.9 Å². The minimum atomic E-state index is -0.459. The molecule has 2 amide bonds. The molecule has 0 bridgehead atoms. The van der Waals surface area contributed by atoms with E-state index in [-0.39, 0.29) is 16.6 Å². The number of aromatic nitrogens is 1. The number of aryl methyl sites for hydroxylation is 2. The van der Waals surface area contributed by atoms with E-state index in [1.807, 2.05) is 45.9 Å². The van der Waals surface area contributed by atoms with Gasteiger partial charge in [-0.05, 0) is 81.4 Å². The van der Waals surface area contributed by atoms with E-state index in [0.717, 1.165) is 32.7 Å². The molecule has 0 atom stereocenters. The Hall–Kier alpha value is -2.25. The molecule has 5 nitrogen and oxygen atoms in total. The predicted octanol–water partition coefficient (Wildman–Crippen LogP) is 3.81. The molecule has 0 aliphatic carbocycles. The summed E-state index contributed by atoms with van der Waals surface area (Å²) in [5.41, 5.74) is 5.07. The van der Waals surface area contributed by atoms with Crippen LogP contribution in [0.15, 0.2) is 34.3 Å². The zero-order valence-electron chi connectivity index (χ0n) is 15.6. The molecule has 1 aliphatic heterocycles. The van der Waals surface area contributed by atoms with Gasteiger partial charge in [-0.2, -0.15) is 0 Å². The van der Waals surface area contributed by atoms with Gasteiger partial charge in [0.25, 0.3) is 11.8 Å². The molecule has 140 valence electrons. The number of hydrogen-bond donors (Lipinski definition) is 1. The number of carbonyl (C=O) groups is 2. The minimum absolute atomic E-state index is 0.0951. The van der Waals surface area contributed by atoms with Crippen LogP contribution in [0.4, 0.5) is 0 Å². The SMILES string of the molecule is CCN1C(=O)/C(=C/c2cc(C)n(-c3ccc(Br)c(C)c3)c2C)C(=O)NC1=S. The first-order valence-corrected chi connectivity index (χ1v) is 9.79. The molecule has 1 N–H and O–H groups in total. The van der Waals surface area contributed by atoms with Gasteiger partial charge in [0.05, 0.1) is 0 Å². The van der Waals surface area contributed by atoms with Crippen molar-refractivity contribution in [3.8, 4) is 5.69 Å². The van der Waals surface area contributed by atoms with E-state index in [9.17, 15) is 9.59 Å². The van der Waals surface area contributed by atoms with Crippen LogP contribution < -0.4 is 5.32 Å². The van der Waals surface area contributed by atoms with Crippen LogP contribution in [0.25, 0.3) is 11.8 Å². The fourth-order valence-electron chi connectivity index (χ4n) is 3.24. The highest BCUT2D eigenvalue weighted by molar-refractivity contribution is 9.10. The van der Waals surface area contributed by atoms with Crippen LogP contribution in [0.3, 0.4) is 0 Å². The summed E-state index contributed by atoms with van der Waals surface area (Å²) in [5.74, 6) is -0.825. The molecule has 1 fully saturated rings. The molecular formula is C20H20BrN3O2S. The second kappa shape index (κ2) is 7.40. The zero-order valence-corrected chi connectivity index (χ0v) is 18.0. The number of amides is 2. The van der Waals surface area contributed by atoms with E-state index in [1.165, 1.54) is 4.90 Å². The van der Waals surface area contributed by atoms with E-state index in [2.05, 4.69) is 31.9 Å². The molecular weight excluding hydrogens is 426 g/mol. The molecule has 3 rings (SSSR count). The number of nitrogens with one attached hydrogen (secondary N) is 1. The van der Waals surface area contributed by atoms with E-state index in [1.54, 1.807) is 6.08 Å². The maximum absolute atomic E-state index is 12.6. The third kappa shape index (κ3) is 3.49. The summed E-state index contributed by atoms with van der Waals surface area (Å²) in [6.45, 7) is 8.25. The Balaban J connectivity index is 2.07. The van der Waals surface area contributed by atoms with Gasteiger partial charge in [0.1, 0.15) is 5.57 Å². The highest BCUT2D eigenvalue weighted by Crippen LogP contribution is 2.26. The lowest BCUT2D eigenvalue weighted by atomic mass is 10.1. The Bertz CT molecular complexity index is 1010. The first-order valence-electron chi connectivity index (χ1n) is 8.59. The van der Waals surface area contributed by atoms with E-state index >= 15 is 0 Å². The minimum Gasteiger partial charge on any atom is -0.318 e. The van der Waals surface area contributed by atoms with Gasteiger partial charge in [0, 0.05) is 28.1 Å². The van der Waals surface area contributed by atoms with Crippen molar-refractivity contribution >= 4 is 51.2 Å². The maximum Gasteiger partial charge on any atom is 0.265 e. The van der Waals surface area contributed by atoms with Gasteiger partial charge in [-0.3, -0.25) is 19.8 Å². The number of benzene rings is 1. The Kier molecular flexibility index (Phi) is 5.35. The van der Waals surface area contributed by atoms with Crippen molar-refractivity contribution in [3.63, 3.8) is 0 Å². The number of likely N-dealkylation sites (N-methyl/N-ethyl adjacent to an activating group) is 1. The lowest BCUT2D eigenvalue weighted by molar-refractivity contribution is -0.128. The van der Waals surface area contributed by atoms with Gasteiger partial charge >= 0.3 is 0 Å². The van der Waals surface area contributed by atoms with Gasteiger partial charge in [-0.25, -0.2) is 0 Å². The van der Waals surface area contributed by atoms with Gasteiger partial charge in [-0.15, -0.1) is 0 Å². The number of halogens is 1. The van der Waals surface area contributed by atoms with Crippen molar-refractivity contribution in [3.05, 3.63) is 56.8 Å². The smallest absolute Gasteiger partial charge is 0.265 e. The van der Waals surface area contributed by atoms with Crippen LogP contribution in [-0.2, 0) is 9.59 Å². The van der Waals surface area contributed by atoms with Gasteiger partial charge in [0.2, 0.25) is 0 Å². The number of carbonyl (C=O) groups excluding carboxylic acids is 2. The molecule has 0 radical (unpaired) electrons. The monoisotopic (exact) mass is 445 g/mol. The molecule has 1 saturated heterocycles. The summed E-state index contributed by atoms with van der Waals surface area (Å²) in [6, 6.07) is 8.11. The molecule has 2 aromatic rings. The topological polar surface area (TPSA) is 54.3 Å². The highest BCUT2D eigenvalue weighted by Gasteiger charge is 2.32. The normalized spacial score (nSPS) is 16.3. The average molecular weight is 446 g/mol. The number of nitrogens with zero attached hydrogens (tertiary/aromatic N) is 2. The zero-order chi connectivity index (χ0) is 19.9. The van der Waals surface area contributed by atoms with Gasteiger partial charge in [0.15, 0.2) is 5.11 Å². The lowest BCUT2D eigenvalue weighted by Gasteiger charge is -2.27. The lowest BCUT2D eigenvalue weighted by Crippen LogP contribution is -2.53. The Labute approximate surface area is 172 Å². The van der Waals surface area contributed by atoms with E-state index in [0.29, 0.717) is 6.54 Å². The summed E-state index contributed by atoms with van der Waals surface area (Å²) in [6.07, 6.45) is 1.65. The summed E-state index contributed by atoms with van der Waals surface area (Å²) in [7, 11) is 0. The van der Waals surface area contributed by atoms with Crippen molar-refractivity contribution in [1.29, 1.82) is 0 Å². The Morgan fingerprint density at radius 2 is 1.89 bits per heavy atom. The largest absolute Gasteiger partial charge is 0.318 e. The first-order chi connectivity index (χ1) is 12.7. The van der Waals surface area contributed by atoms with Crippen LogP contribution in [0, 0.1) is 20.8 Å². The van der Waals surface area contributed by atoms with Crippen molar-refractivity contribution in [2.45, 2.75) is 27.7 Å². The summed E-state index contributed by atoms with van der Waals surface area (Å²) in [4.78, 5) is 26.3. The third-order valence-corrected chi connectivity index (χ3v) is 5.88. The van der Waals surface area contributed by atoms with Crippen molar-refractivity contribution in [2.24, 2.45) is 0 Å². The predicted molar refractivity (Wildman–Crippen MR) is 114 cm³/mol. The van der Waals surface area contributed by atoms with Crippen molar-refractivity contribution in [2.75, 3.05) is 6.54 Å². The molecule has 1 aromatic carbocycles. The van der Waals surface area contributed by atoms with Crippen LogP contribution in [0.5, 0.6) is 0 Å². The van der Waals surface area contributed by atoms with Gasteiger partial charge in [-0.1, -0.05) is 15.9 Å². The molecule has 0 unspecified atom stereocenters. The van der Waals surface area contributed by atoms with Gasteiger partial charge < -0.3 is 4.57 Å². The number of hydrogen-bond acceptors (Lipinski definition) is 3. The Morgan fingerprint density at radius 1 is 1.19 bits per heavy atom. The molecule has 1 aromatic heterocycles. The van der Waals surface area contributed by atoms with E-state index < -0.39 is 5.91 Å². The first kappa shape index (κ1) is 19.5. The van der Waals surface area contributed by atoms with E-state index in [4.69, 9.17) is 12.2 Å². The molecule has 2 heterocycles. The van der Waals surface area contributed by atoms with Crippen LogP contribution in [0.1, 0.15) is 29.4 Å². The number of thiocarbonyl (C=S) groups is 1. The fraction of sp³-hybridized carbons (Fsp3) is 0.250. The molecule has 27 heavy (non-hydrogen) atoms. The summed E-state index contributed by atoms with van der Waals surface area (Å²) < 4.78 is 3.16. The average Bonchev–Trinajstić information content (AvgIpc) is 2.88. The molecule has 0 spiro atoms. The number of rotatable bonds is 3. The second-order valence-electron chi connectivity index (χ2n) is 6.46. The van der Waals surface area contributed by atoms with Crippen molar-refractivity contribution < 1.29 is 9.59 Å². The molecule has 1 aliphatic rings. The molecule has 0 saturated carbocycles. The third-order valence-electron chi connectivity index (χ3n) is 4.67. The fourth-order valence-corrected chi connectivity index (χ4v) is 3.79. The second-order valence-corrected chi connectivity index (χ2v) is 7.70. The maximum atomic E-state index is 12.6. The standard InChI is InChI=1S/C20H20BrN3O2S/c1-5-23-19(26)16(18(25)22-20(23)27)10-14-9-12(3)24(13(14)4)15-6-7-17(21)11(2)8-15/h6-10H,5H2,1-4H3,(H,22,25,27)/b16-10+. The summed E-state index contributed by atoms with van der Waals surface area (Å²) >= 11 is 8.60. The Morgan fingerprint density at radius 3 is 2.52 bits per heavy atom. The van der Waals surface area contributed by atoms with Crippen molar-refractivity contribution in [1.82, 2.24) is 14.8 Å². The van der Waals surface area contributed by atoms with Crippen LogP contribution >= 0.6 is 28.1 Å².